The van der Waals surface area contributed by atoms with Gasteiger partial charge in [0.1, 0.15) is 0 Å². The van der Waals surface area contributed by atoms with Gasteiger partial charge in [-0.05, 0) is 36.2 Å². The van der Waals surface area contributed by atoms with Crippen LogP contribution in [0, 0.1) is 0 Å². The van der Waals surface area contributed by atoms with Crippen LogP contribution in [0.25, 0.3) is 15.8 Å². The van der Waals surface area contributed by atoms with E-state index >= 15 is 0 Å². The lowest BCUT2D eigenvalue weighted by Gasteiger charge is -2.28. The van der Waals surface area contributed by atoms with Gasteiger partial charge < -0.3 is 19.2 Å². The van der Waals surface area contributed by atoms with Crippen LogP contribution in [-0.2, 0) is 9.53 Å². The number of nitrogens with zero attached hydrogens (tertiary/aromatic N) is 4. The van der Waals surface area contributed by atoms with Crippen molar-refractivity contribution in [3.63, 3.8) is 0 Å². The molecule has 0 bridgehead atoms. The lowest BCUT2D eigenvalue weighted by molar-refractivity contribution is 0.122. The minimum absolute atomic E-state index is 0.280. The molecule has 0 aliphatic carbocycles. The first-order valence-electron chi connectivity index (χ1n) is 8.26. The minimum Gasteiger partial charge on any atom is -0.378 e. The van der Waals surface area contributed by atoms with E-state index in [0.717, 1.165) is 54.8 Å². The Morgan fingerprint density at radius 3 is 2.84 bits per heavy atom. The molecule has 0 aromatic carbocycles. The Bertz CT molecular complexity index is 822. The lowest BCUT2D eigenvalue weighted by atomic mass is 9.91. The number of aromatic nitrogens is 2. The van der Waals surface area contributed by atoms with Crippen LogP contribution in [0.2, 0.25) is 5.28 Å². The summed E-state index contributed by atoms with van der Waals surface area (Å²) in [5, 5.41) is 0.280. The van der Waals surface area contributed by atoms with Gasteiger partial charge in [0.15, 0.2) is 5.82 Å². The average Bonchev–Trinajstić information content (AvgIpc) is 3.06. The van der Waals surface area contributed by atoms with Crippen LogP contribution >= 0.6 is 22.9 Å². The number of thiophene rings is 1. The summed E-state index contributed by atoms with van der Waals surface area (Å²) in [7, 11) is 1.60. The van der Waals surface area contributed by atoms with Crippen molar-refractivity contribution in [2.24, 2.45) is 0 Å². The van der Waals surface area contributed by atoms with E-state index in [4.69, 9.17) is 16.3 Å². The Morgan fingerprint density at radius 1 is 1.28 bits per heavy atom. The van der Waals surface area contributed by atoms with Crippen molar-refractivity contribution in [2.75, 3.05) is 44.3 Å². The topological polar surface area (TPSA) is 58.6 Å². The highest BCUT2D eigenvalue weighted by molar-refractivity contribution is 7.20. The fourth-order valence-corrected chi connectivity index (χ4v) is 4.52. The molecule has 2 aliphatic heterocycles. The monoisotopic (exact) mass is 375 g/mol. The summed E-state index contributed by atoms with van der Waals surface area (Å²) in [6.07, 6.45) is 3.92. The van der Waals surface area contributed by atoms with E-state index in [-0.39, 0.29) is 5.28 Å². The highest BCUT2D eigenvalue weighted by atomic mass is 35.5. The maximum absolute atomic E-state index is 10.6. The zero-order valence-electron chi connectivity index (χ0n) is 13.7. The quantitative estimate of drug-likeness (QED) is 0.463. The van der Waals surface area contributed by atoms with Gasteiger partial charge in [-0.25, -0.2) is 4.98 Å². The molecule has 4 heterocycles. The lowest BCUT2D eigenvalue weighted by Crippen LogP contribution is -2.36. The van der Waals surface area contributed by atoms with E-state index in [1.807, 2.05) is 4.81 Å². The van der Waals surface area contributed by atoms with Gasteiger partial charge in [0.2, 0.25) is 5.28 Å². The van der Waals surface area contributed by atoms with E-state index in [1.54, 1.807) is 18.8 Å². The Morgan fingerprint density at radius 2 is 2.12 bits per heavy atom. The van der Waals surface area contributed by atoms with Crippen LogP contribution in [0.5, 0.6) is 0 Å². The van der Waals surface area contributed by atoms with Crippen LogP contribution in [-0.4, -0.2) is 67.8 Å². The summed E-state index contributed by atoms with van der Waals surface area (Å²) in [6, 6.07) is 2.10. The molecule has 2 aliphatic rings. The third-order valence-corrected chi connectivity index (χ3v) is 5.83. The van der Waals surface area contributed by atoms with E-state index in [0.29, 0.717) is 13.2 Å². The van der Waals surface area contributed by atoms with Gasteiger partial charge in [-0.3, -0.25) is 0 Å². The molecule has 0 amide bonds. The summed E-state index contributed by atoms with van der Waals surface area (Å²) in [4.78, 5) is 24.9. The fourth-order valence-electron chi connectivity index (χ4n) is 3.17. The smallest absolute Gasteiger partial charge is 0.293 e. The summed E-state index contributed by atoms with van der Waals surface area (Å²) in [5.74, 6) is 0.905. The van der Waals surface area contributed by atoms with Crippen molar-refractivity contribution in [1.82, 2.24) is 14.8 Å². The molecule has 1 saturated heterocycles. The van der Waals surface area contributed by atoms with E-state index in [9.17, 15) is 4.79 Å². The first-order valence-corrected chi connectivity index (χ1v) is 9.46. The Hall–Kier alpha value is -1.48. The number of carbonyl (C=O) groups excluding carboxylic acids is 1. The first kappa shape index (κ1) is 17.0. The zero-order chi connectivity index (χ0) is 17.2. The molecule has 1 fully saturated rings. The fraction of sp³-hybridized carbons (Fsp3) is 0.438. The number of fused-ring (bicyclic) bond motifs is 1. The van der Waals surface area contributed by atoms with Gasteiger partial charge in [0.05, 0.1) is 29.6 Å². The second kappa shape index (κ2) is 7.41. The van der Waals surface area contributed by atoms with Crippen LogP contribution in [0.4, 0.5) is 5.82 Å². The highest BCUT2D eigenvalue weighted by Gasteiger charge is 2.21. The molecule has 2 aromatic heterocycles. The second-order valence-corrected chi connectivity index (χ2v) is 7.39. The minimum atomic E-state index is 0.280. The maximum Gasteiger partial charge on any atom is 0.293 e. The van der Waals surface area contributed by atoms with Gasteiger partial charge in [-0.2, -0.15) is 4.98 Å². The number of morpholine rings is 1. The molecule has 129 valence electrons. The first-order chi connectivity index (χ1) is 12.2. The maximum atomic E-state index is 10.6. The Kier molecular flexibility index (Phi) is 5.03. The summed E-state index contributed by atoms with van der Waals surface area (Å²) >= 11 is 7.87. The van der Waals surface area contributed by atoms with Gasteiger partial charge in [-0.1, -0.05) is 6.08 Å². The molecular weight excluding hydrogens is 359 g/mol. The molecule has 4 rings (SSSR count). The molecule has 0 saturated carbocycles. The summed E-state index contributed by atoms with van der Waals surface area (Å²) < 4.78 is 6.51. The standard InChI is InChI=1S/C16H17BClN4O2S/c18-16-19-12-9-13(11-1-3-22(4-2-11)17-10-23)25-14(12)15(20-16)21-5-7-24-8-6-21/h1,9-10H,2-8H2. The third-order valence-electron chi connectivity index (χ3n) is 4.47. The Labute approximate surface area is 155 Å². The molecule has 0 atom stereocenters. The van der Waals surface area contributed by atoms with Crippen molar-refractivity contribution >= 4 is 58.1 Å². The number of ether oxygens (including phenoxy) is 1. The van der Waals surface area contributed by atoms with Crippen LogP contribution in [0.15, 0.2) is 12.1 Å². The molecule has 0 N–H and O–H groups in total. The largest absolute Gasteiger partial charge is 0.378 e. The van der Waals surface area contributed by atoms with Gasteiger partial charge in [0.25, 0.3) is 7.41 Å². The van der Waals surface area contributed by atoms with Gasteiger partial charge >= 0.3 is 0 Å². The predicted octanol–water partition coefficient (Wildman–Crippen LogP) is 2.08. The molecule has 25 heavy (non-hydrogen) atoms. The van der Waals surface area contributed by atoms with Crippen LogP contribution in [0.1, 0.15) is 11.3 Å². The number of hydrogen-bond donors (Lipinski definition) is 0. The highest BCUT2D eigenvalue weighted by Crippen LogP contribution is 2.37. The number of hydrogen-bond acceptors (Lipinski definition) is 7. The number of rotatable bonds is 4. The molecular formula is C16H17BClN4O2S. The number of halogens is 1. The summed E-state index contributed by atoms with van der Waals surface area (Å²) in [5.41, 5.74) is 2.19. The second-order valence-electron chi connectivity index (χ2n) is 6.00. The summed E-state index contributed by atoms with van der Waals surface area (Å²) in [6.45, 7) is 4.64. The van der Waals surface area contributed by atoms with Crippen molar-refractivity contribution in [3.8, 4) is 0 Å². The van der Waals surface area contributed by atoms with E-state index < -0.39 is 0 Å². The van der Waals surface area contributed by atoms with Crippen molar-refractivity contribution in [3.05, 3.63) is 22.3 Å². The zero-order valence-corrected chi connectivity index (χ0v) is 15.2. The van der Waals surface area contributed by atoms with Gasteiger partial charge in [0, 0.05) is 24.5 Å². The van der Waals surface area contributed by atoms with E-state index in [1.165, 1.54) is 10.5 Å². The van der Waals surface area contributed by atoms with Crippen LogP contribution in [0.3, 0.4) is 0 Å². The SMILES string of the molecule is O=C[B]N1CC=C(c2cc3nc(Cl)nc(N4CCOCC4)c3s2)CC1. The third kappa shape index (κ3) is 3.57. The molecule has 9 heteroatoms. The van der Waals surface area contributed by atoms with Crippen molar-refractivity contribution in [2.45, 2.75) is 6.42 Å². The molecule has 0 spiro atoms. The number of anilines is 1. The number of carbonyl (C=O) groups is 1. The van der Waals surface area contributed by atoms with E-state index in [2.05, 4.69) is 27.0 Å². The predicted molar refractivity (Wildman–Crippen MR) is 102 cm³/mol. The van der Waals surface area contributed by atoms with Crippen LogP contribution < -0.4 is 4.90 Å². The molecule has 1 radical (unpaired) electrons. The van der Waals surface area contributed by atoms with Gasteiger partial charge in [-0.15, -0.1) is 11.3 Å². The Balaban J connectivity index is 1.67. The molecule has 6 nitrogen and oxygen atoms in total. The molecule has 2 aromatic rings. The normalized spacial score (nSPS) is 19.1. The average molecular weight is 376 g/mol. The van der Waals surface area contributed by atoms with Crippen molar-refractivity contribution < 1.29 is 9.53 Å². The molecule has 0 unspecified atom stereocenters. The van der Waals surface area contributed by atoms with Crippen molar-refractivity contribution in [1.29, 1.82) is 0 Å².